The summed E-state index contributed by atoms with van der Waals surface area (Å²) in [7, 11) is 0. The Morgan fingerprint density at radius 2 is 1.74 bits per heavy atom. The Kier molecular flexibility index (Phi) is 10.4. The fraction of sp³-hybridized carbons (Fsp3) is 0.379. The van der Waals surface area contributed by atoms with Crippen molar-refractivity contribution in [3.63, 3.8) is 0 Å². The summed E-state index contributed by atoms with van der Waals surface area (Å²) in [6, 6.07) is 14.1. The van der Waals surface area contributed by atoms with Crippen molar-refractivity contribution < 1.29 is 9.53 Å². The van der Waals surface area contributed by atoms with E-state index in [4.69, 9.17) is 15.5 Å². The maximum Gasteiger partial charge on any atom is 0.165 e. The number of nitrogens with two attached hydrogens (primary N) is 1. The lowest BCUT2D eigenvalue weighted by Crippen LogP contribution is -2.28. The highest BCUT2D eigenvalue weighted by Crippen LogP contribution is 2.32. The van der Waals surface area contributed by atoms with Crippen molar-refractivity contribution >= 4 is 30.6 Å². The Balaban J connectivity index is 0.000000338. The van der Waals surface area contributed by atoms with E-state index in [1.807, 2.05) is 66.8 Å². The number of morpholine rings is 1. The quantitative estimate of drug-likeness (QED) is 0.253. The zero-order valence-electron chi connectivity index (χ0n) is 22.6. The molecule has 3 aromatic heterocycles. The standard InChI is InChI=1S/C23H22N6O.C4H9NOS.C2H6/c24-22-19(14-30)21(16-8-10-25-11-9-16)28-23-18(13-27-29(22)23)17-6-7-20(26-12-17)15-4-2-1-3-5-15;7-5-1-3-6-4-2-5;1-2/h1-7,12-14,16,25H,8-11,24H2;7H,1-4H2;1-2H3. The molecule has 0 bridgehead atoms. The molecule has 2 aliphatic heterocycles. The third kappa shape index (κ3) is 6.83. The molecule has 0 amide bonds. The van der Waals surface area contributed by atoms with Crippen LogP contribution in [0, 0.1) is 0 Å². The Bertz CT molecular complexity index is 1330. The number of aldehydes is 1. The van der Waals surface area contributed by atoms with Gasteiger partial charge in [-0.1, -0.05) is 63.1 Å². The highest BCUT2D eigenvalue weighted by atomic mass is 32.1. The molecule has 2 aliphatic rings. The fourth-order valence-corrected chi connectivity index (χ4v) is 4.83. The summed E-state index contributed by atoms with van der Waals surface area (Å²) in [4.78, 5) is 21.3. The van der Waals surface area contributed by atoms with Gasteiger partial charge in [-0.2, -0.15) is 9.61 Å². The van der Waals surface area contributed by atoms with E-state index in [0.29, 0.717) is 17.0 Å². The first-order valence-corrected chi connectivity index (χ1v) is 13.9. The number of carbonyl (C=O) groups is 1. The average Bonchev–Trinajstić information content (AvgIpc) is 3.44. The van der Waals surface area contributed by atoms with Gasteiger partial charge in [0.25, 0.3) is 0 Å². The van der Waals surface area contributed by atoms with Gasteiger partial charge in [0.1, 0.15) is 5.82 Å². The van der Waals surface area contributed by atoms with Crippen molar-refractivity contribution in [2.24, 2.45) is 0 Å². The molecule has 39 heavy (non-hydrogen) atoms. The van der Waals surface area contributed by atoms with E-state index in [0.717, 1.165) is 86.6 Å². The number of hydrogen-bond acceptors (Lipinski definition) is 9. The lowest BCUT2D eigenvalue weighted by molar-refractivity contribution is 0.0781. The van der Waals surface area contributed by atoms with Crippen molar-refractivity contribution in [2.45, 2.75) is 32.6 Å². The minimum atomic E-state index is 0.208. The number of ether oxygens (including phenoxy) is 1. The van der Waals surface area contributed by atoms with Gasteiger partial charge in [0, 0.05) is 41.9 Å². The molecule has 6 rings (SSSR count). The topological polar surface area (TPSA) is 111 Å². The van der Waals surface area contributed by atoms with E-state index in [-0.39, 0.29) is 5.92 Å². The van der Waals surface area contributed by atoms with Gasteiger partial charge in [-0.15, -0.1) is 0 Å². The molecule has 0 spiro atoms. The van der Waals surface area contributed by atoms with E-state index in [1.54, 1.807) is 10.7 Å². The number of carbonyl (C=O) groups excluding carboxylic acids is 1. The number of nitrogens with zero attached hydrogens (tertiary/aromatic N) is 5. The molecule has 0 atom stereocenters. The van der Waals surface area contributed by atoms with Crippen LogP contribution in [0.3, 0.4) is 0 Å². The Morgan fingerprint density at radius 3 is 2.33 bits per heavy atom. The number of aromatic nitrogens is 4. The molecule has 1 aromatic carbocycles. The molecule has 0 radical (unpaired) electrons. The first-order valence-electron chi connectivity index (χ1n) is 13.5. The number of hydrogen-bond donors (Lipinski definition) is 3. The second-order valence-electron chi connectivity index (χ2n) is 9.10. The van der Waals surface area contributed by atoms with Crippen LogP contribution in [0.5, 0.6) is 0 Å². The summed E-state index contributed by atoms with van der Waals surface area (Å²) in [5.41, 5.74) is 11.9. The maximum atomic E-state index is 11.8. The fourth-order valence-electron chi connectivity index (χ4n) is 4.66. The SMILES string of the molecule is CC.Nc1c(C=O)c(C2CCNCC2)nc2c(-c3ccc(-c4ccccc4)nc3)cnn12.SN1CCOCC1. The molecule has 9 nitrogen and oxygen atoms in total. The van der Waals surface area contributed by atoms with E-state index >= 15 is 0 Å². The molecule has 4 aromatic rings. The monoisotopic (exact) mass is 547 g/mol. The minimum absolute atomic E-state index is 0.208. The van der Waals surface area contributed by atoms with E-state index < -0.39 is 0 Å². The molecule has 2 saturated heterocycles. The normalized spacial score (nSPS) is 16.1. The Labute approximate surface area is 235 Å². The van der Waals surface area contributed by atoms with E-state index in [1.165, 1.54) is 0 Å². The third-order valence-corrected chi connectivity index (χ3v) is 7.13. The molecule has 0 saturated carbocycles. The second-order valence-corrected chi connectivity index (χ2v) is 9.66. The molecule has 3 N–H and O–H groups in total. The van der Waals surface area contributed by atoms with Gasteiger partial charge in [0.15, 0.2) is 11.9 Å². The van der Waals surface area contributed by atoms with Crippen LogP contribution in [-0.2, 0) is 4.74 Å². The predicted octanol–water partition coefficient (Wildman–Crippen LogP) is 4.51. The predicted molar refractivity (Wildman–Crippen MR) is 159 cm³/mol. The number of thiol groups is 1. The average molecular weight is 548 g/mol. The zero-order chi connectivity index (χ0) is 27.6. The maximum absolute atomic E-state index is 11.8. The van der Waals surface area contributed by atoms with Gasteiger partial charge < -0.3 is 15.8 Å². The summed E-state index contributed by atoms with van der Waals surface area (Å²) in [5.74, 6) is 0.545. The zero-order valence-corrected chi connectivity index (χ0v) is 23.5. The van der Waals surface area contributed by atoms with Crippen LogP contribution in [0.4, 0.5) is 5.82 Å². The van der Waals surface area contributed by atoms with Gasteiger partial charge >= 0.3 is 0 Å². The number of piperidine rings is 1. The van der Waals surface area contributed by atoms with Crippen molar-refractivity contribution in [3.05, 3.63) is 66.1 Å². The second kappa shape index (κ2) is 14.2. The van der Waals surface area contributed by atoms with Crippen LogP contribution in [0.2, 0.25) is 0 Å². The van der Waals surface area contributed by atoms with Crippen LogP contribution in [0.15, 0.2) is 54.9 Å². The van der Waals surface area contributed by atoms with Crippen LogP contribution in [0.25, 0.3) is 28.0 Å². The van der Waals surface area contributed by atoms with E-state index in [9.17, 15) is 4.79 Å². The summed E-state index contributed by atoms with van der Waals surface area (Å²) >= 11 is 4.11. The number of nitrogens with one attached hydrogen (secondary N) is 1. The van der Waals surface area contributed by atoms with Gasteiger partial charge in [-0.05, 0) is 32.0 Å². The van der Waals surface area contributed by atoms with Gasteiger partial charge in [-0.25, -0.2) is 9.29 Å². The molecule has 5 heterocycles. The van der Waals surface area contributed by atoms with Crippen molar-refractivity contribution in [3.8, 4) is 22.4 Å². The lowest BCUT2D eigenvalue weighted by atomic mass is 9.91. The molecular weight excluding hydrogens is 510 g/mol. The molecule has 2 fully saturated rings. The number of rotatable bonds is 4. The highest BCUT2D eigenvalue weighted by molar-refractivity contribution is 7.77. The largest absolute Gasteiger partial charge is 0.383 e. The summed E-state index contributed by atoms with van der Waals surface area (Å²) in [6.45, 7) is 9.42. The Morgan fingerprint density at radius 1 is 1.03 bits per heavy atom. The summed E-state index contributed by atoms with van der Waals surface area (Å²) < 4.78 is 8.56. The number of benzene rings is 1. The first kappa shape index (κ1) is 28.7. The number of fused-ring (bicyclic) bond motifs is 1. The van der Waals surface area contributed by atoms with Gasteiger partial charge in [0.05, 0.1) is 36.4 Å². The van der Waals surface area contributed by atoms with Crippen molar-refractivity contribution in [1.29, 1.82) is 0 Å². The van der Waals surface area contributed by atoms with Gasteiger partial charge in [0.2, 0.25) is 0 Å². The first-order chi connectivity index (χ1) is 19.2. The minimum Gasteiger partial charge on any atom is -0.383 e. The number of anilines is 1. The van der Waals surface area contributed by atoms with E-state index in [2.05, 4.69) is 28.2 Å². The summed E-state index contributed by atoms with van der Waals surface area (Å²) in [5, 5.41) is 7.75. The molecule has 10 heteroatoms. The highest BCUT2D eigenvalue weighted by Gasteiger charge is 2.24. The third-order valence-electron chi connectivity index (χ3n) is 6.73. The van der Waals surface area contributed by atoms with Crippen LogP contribution in [-0.4, -0.2) is 69.6 Å². The summed E-state index contributed by atoms with van der Waals surface area (Å²) in [6.07, 6.45) is 6.23. The molecule has 206 valence electrons. The van der Waals surface area contributed by atoms with Crippen LogP contribution < -0.4 is 11.1 Å². The van der Waals surface area contributed by atoms with Gasteiger partial charge in [-0.3, -0.25) is 9.78 Å². The molecular formula is C29H37N7O2S. The number of nitrogen functional groups attached to an aromatic ring is 1. The lowest BCUT2D eigenvalue weighted by Gasteiger charge is -2.23. The van der Waals surface area contributed by atoms with Crippen molar-refractivity contribution in [2.75, 3.05) is 45.1 Å². The number of pyridine rings is 1. The van der Waals surface area contributed by atoms with Crippen LogP contribution in [0.1, 0.15) is 48.7 Å². The van der Waals surface area contributed by atoms with Crippen molar-refractivity contribution in [1.82, 2.24) is 29.2 Å². The molecule has 0 unspecified atom stereocenters. The molecule has 0 aliphatic carbocycles. The Hall–Kier alpha value is -3.31. The van der Waals surface area contributed by atoms with Crippen LogP contribution >= 0.6 is 12.8 Å². The smallest absolute Gasteiger partial charge is 0.165 e.